The fraction of sp³-hybridized carbons (Fsp3) is 0.143. The highest BCUT2D eigenvalue weighted by Crippen LogP contribution is 2.25. The van der Waals surface area contributed by atoms with Gasteiger partial charge in [0, 0.05) is 20.7 Å². The molecule has 0 saturated heterocycles. The lowest BCUT2D eigenvalue weighted by atomic mass is 10.2. The lowest BCUT2D eigenvalue weighted by molar-refractivity contribution is 1.13. The van der Waals surface area contributed by atoms with Crippen LogP contribution in [0, 0.1) is 3.57 Å². The van der Waals surface area contributed by atoms with Crippen molar-refractivity contribution in [3.63, 3.8) is 0 Å². The van der Waals surface area contributed by atoms with Gasteiger partial charge in [0.15, 0.2) is 0 Å². The topological polar surface area (TPSA) is 12.0 Å². The Hall–Kier alpha value is -0.680. The Morgan fingerprint density at radius 2 is 1.76 bits per heavy atom. The summed E-state index contributed by atoms with van der Waals surface area (Å²) in [6.45, 7) is 0.870. The molecule has 88 valence electrons. The van der Waals surface area contributed by atoms with E-state index in [1.165, 1.54) is 19.7 Å². The summed E-state index contributed by atoms with van der Waals surface area (Å²) in [7, 11) is 0. The molecule has 0 amide bonds. The minimum atomic E-state index is 0.870. The number of para-hydroxylation sites is 1. The standard InChI is InChI=1S/C14H14INS/c1-17-14-5-3-2-4-13(14)16-10-11-6-8-12(15)9-7-11/h2-9,16H,10H2,1H3. The van der Waals surface area contributed by atoms with E-state index in [-0.39, 0.29) is 0 Å². The molecule has 1 N–H and O–H groups in total. The highest BCUT2D eigenvalue weighted by Gasteiger charge is 1.99. The number of hydrogen-bond donors (Lipinski definition) is 1. The van der Waals surface area contributed by atoms with Gasteiger partial charge in [0.05, 0.1) is 0 Å². The molecule has 0 spiro atoms. The second-order valence-electron chi connectivity index (χ2n) is 3.68. The van der Waals surface area contributed by atoms with Crippen molar-refractivity contribution in [2.24, 2.45) is 0 Å². The summed E-state index contributed by atoms with van der Waals surface area (Å²) in [6.07, 6.45) is 2.10. The maximum Gasteiger partial charge on any atom is 0.0480 e. The molecular weight excluding hydrogens is 341 g/mol. The molecule has 0 atom stereocenters. The van der Waals surface area contributed by atoms with Crippen LogP contribution in [0.25, 0.3) is 0 Å². The van der Waals surface area contributed by atoms with Crippen LogP contribution in [0.5, 0.6) is 0 Å². The van der Waals surface area contributed by atoms with Crippen LogP contribution in [0.3, 0.4) is 0 Å². The average Bonchev–Trinajstić information content (AvgIpc) is 2.38. The second-order valence-corrected chi connectivity index (χ2v) is 5.77. The Morgan fingerprint density at radius 3 is 2.47 bits per heavy atom. The van der Waals surface area contributed by atoms with E-state index in [0.717, 1.165) is 6.54 Å². The third-order valence-electron chi connectivity index (χ3n) is 2.50. The van der Waals surface area contributed by atoms with E-state index < -0.39 is 0 Å². The molecule has 0 aliphatic heterocycles. The van der Waals surface area contributed by atoms with Crippen LogP contribution in [0.1, 0.15) is 5.56 Å². The Labute approximate surface area is 120 Å². The number of benzene rings is 2. The van der Waals surface area contributed by atoms with Crippen LogP contribution < -0.4 is 5.32 Å². The van der Waals surface area contributed by atoms with Crippen LogP contribution >= 0.6 is 34.4 Å². The van der Waals surface area contributed by atoms with Crippen LogP contribution in [-0.4, -0.2) is 6.26 Å². The van der Waals surface area contributed by atoms with Gasteiger partial charge in [0.2, 0.25) is 0 Å². The molecule has 0 saturated carbocycles. The van der Waals surface area contributed by atoms with Crippen LogP contribution in [0.15, 0.2) is 53.4 Å². The number of nitrogens with one attached hydrogen (secondary N) is 1. The quantitative estimate of drug-likeness (QED) is 0.634. The lowest BCUT2D eigenvalue weighted by Gasteiger charge is -2.10. The van der Waals surface area contributed by atoms with Gasteiger partial charge in [-0.15, -0.1) is 11.8 Å². The third-order valence-corrected chi connectivity index (χ3v) is 4.02. The SMILES string of the molecule is CSc1ccccc1NCc1ccc(I)cc1. The molecule has 0 fully saturated rings. The first-order valence-corrected chi connectivity index (χ1v) is 7.71. The minimum absolute atomic E-state index is 0.870. The average molecular weight is 355 g/mol. The maximum atomic E-state index is 3.48. The number of thioether (sulfide) groups is 1. The summed E-state index contributed by atoms with van der Waals surface area (Å²) in [5, 5.41) is 3.48. The van der Waals surface area contributed by atoms with Gasteiger partial charge >= 0.3 is 0 Å². The molecule has 0 aromatic heterocycles. The zero-order valence-corrected chi connectivity index (χ0v) is 12.6. The van der Waals surface area contributed by atoms with E-state index in [2.05, 4.69) is 82.7 Å². The van der Waals surface area contributed by atoms with Gasteiger partial charge in [-0.3, -0.25) is 0 Å². The summed E-state index contributed by atoms with van der Waals surface area (Å²) in [5.74, 6) is 0. The molecule has 0 aliphatic rings. The highest BCUT2D eigenvalue weighted by atomic mass is 127. The van der Waals surface area contributed by atoms with Gasteiger partial charge < -0.3 is 5.32 Å². The van der Waals surface area contributed by atoms with Crippen molar-refractivity contribution in [3.8, 4) is 0 Å². The third kappa shape index (κ3) is 3.64. The number of anilines is 1. The monoisotopic (exact) mass is 355 g/mol. The van der Waals surface area contributed by atoms with Gasteiger partial charge in [-0.05, 0) is 58.7 Å². The van der Waals surface area contributed by atoms with E-state index >= 15 is 0 Å². The second kappa shape index (κ2) is 6.31. The fourth-order valence-electron chi connectivity index (χ4n) is 1.59. The molecule has 2 aromatic carbocycles. The molecular formula is C14H14INS. The highest BCUT2D eigenvalue weighted by molar-refractivity contribution is 14.1. The predicted octanol–water partition coefficient (Wildman–Crippen LogP) is 4.63. The van der Waals surface area contributed by atoms with Crippen LogP contribution in [-0.2, 0) is 6.54 Å². The maximum absolute atomic E-state index is 3.48. The molecule has 17 heavy (non-hydrogen) atoms. The van der Waals surface area contributed by atoms with E-state index in [1.807, 2.05) is 0 Å². The fourth-order valence-corrected chi connectivity index (χ4v) is 2.52. The molecule has 3 heteroatoms. The van der Waals surface area contributed by atoms with E-state index in [9.17, 15) is 0 Å². The summed E-state index contributed by atoms with van der Waals surface area (Å²) in [4.78, 5) is 1.29. The number of halogens is 1. The van der Waals surface area contributed by atoms with Crippen LogP contribution in [0.4, 0.5) is 5.69 Å². The Bertz CT molecular complexity index is 482. The van der Waals surface area contributed by atoms with Gasteiger partial charge in [-0.2, -0.15) is 0 Å². The van der Waals surface area contributed by atoms with Crippen molar-refractivity contribution in [1.29, 1.82) is 0 Å². The molecule has 0 unspecified atom stereocenters. The zero-order chi connectivity index (χ0) is 12.1. The first kappa shape index (κ1) is 12.8. The van der Waals surface area contributed by atoms with Gasteiger partial charge in [-0.25, -0.2) is 0 Å². The van der Waals surface area contributed by atoms with E-state index in [1.54, 1.807) is 11.8 Å². The normalized spacial score (nSPS) is 10.2. The zero-order valence-electron chi connectivity index (χ0n) is 9.61. The first-order chi connectivity index (χ1) is 8.29. The minimum Gasteiger partial charge on any atom is -0.380 e. The smallest absolute Gasteiger partial charge is 0.0480 e. The number of hydrogen-bond acceptors (Lipinski definition) is 2. The molecule has 1 nitrogen and oxygen atoms in total. The molecule has 0 bridgehead atoms. The Balaban J connectivity index is 2.04. The van der Waals surface area contributed by atoms with Gasteiger partial charge in [-0.1, -0.05) is 24.3 Å². The predicted molar refractivity (Wildman–Crippen MR) is 84.7 cm³/mol. The molecule has 2 rings (SSSR count). The van der Waals surface area contributed by atoms with Crippen LogP contribution in [0.2, 0.25) is 0 Å². The largest absolute Gasteiger partial charge is 0.380 e. The summed E-state index contributed by atoms with van der Waals surface area (Å²) in [5.41, 5.74) is 2.51. The number of rotatable bonds is 4. The lowest BCUT2D eigenvalue weighted by Crippen LogP contribution is -2.00. The molecule has 0 radical (unpaired) electrons. The van der Waals surface area contributed by atoms with Crippen molar-refractivity contribution >= 4 is 40.0 Å². The van der Waals surface area contributed by atoms with Crippen molar-refractivity contribution in [2.45, 2.75) is 11.4 Å². The van der Waals surface area contributed by atoms with Crippen molar-refractivity contribution < 1.29 is 0 Å². The summed E-state index contributed by atoms with van der Waals surface area (Å²) in [6, 6.07) is 17.0. The van der Waals surface area contributed by atoms with Crippen molar-refractivity contribution in [1.82, 2.24) is 0 Å². The Kier molecular flexibility index (Phi) is 4.74. The Morgan fingerprint density at radius 1 is 1.06 bits per heavy atom. The summed E-state index contributed by atoms with van der Waals surface area (Å²) < 4.78 is 1.27. The van der Waals surface area contributed by atoms with Crippen molar-refractivity contribution in [2.75, 3.05) is 11.6 Å². The van der Waals surface area contributed by atoms with Crippen molar-refractivity contribution in [3.05, 3.63) is 57.7 Å². The van der Waals surface area contributed by atoms with E-state index in [4.69, 9.17) is 0 Å². The first-order valence-electron chi connectivity index (χ1n) is 5.41. The van der Waals surface area contributed by atoms with Gasteiger partial charge in [0.25, 0.3) is 0 Å². The van der Waals surface area contributed by atoms with E-state index in [0.29, 0.717) is 0 Å². The molecule has 0 aliphatic carbocycles. The summed E-state index contributed by atoms with van der Waals surface area (Å²) >= 11 is 4.09. The van der Waals surface area contributed by atoms with Gasteiger partial charge in [0.1, 0.15) is 0 Å². The molecule has 0 heterocycles. The molecule has 2 aromatic rings.